The molecule has 2 rings (SSSR count). The van der Waals surface area contributed by atoms with Crippen LogP contribution in [-0.2, 0) is 0 Å². The van der Waals surface area contributed by atoms with Crippen LogP contribution in [0.3, 0.4) is 0 Å². The summed E-state index contributed by atoms with van der Waals surface area (Å²) in [6, 6.07) is 0. The summed E-state index contributed by atoms with van der Waals surface area (Å²) in [7, 11) is 0. The molecule has 0 saturated carbocycles. The summed E-state index contributed by atoms with van der Waals surface area (Å²) in [5.41, 5.74) is 0.545. The molecule has 0 bridgehead atoms. The maximum absolute atomic E-state index is 11.7. The Morgan fingerprint density at radius 2 is 1.67 bits per heavy atom. The van der Waals surface area contributed by atoms with Crippen molar-refractivity contribution in [2.45, 2.75) is 52.4 Å². The van der Waals surface area contributed by atoms with Gasteiger partial charge >= 0.3 is 0 Å². The first-order chi connectivity index (χ1) is 10.0. The summed E-state index contributed by atoms with van der Waals surface area (Å²) >= 11 is 1.36. The van der Waals surface area contributed by atoms with Crippen LogP contribution in [0.1, 0.15) is 52.4 Å². The number of hydrogen-bond acceptors (Lipinski definition) is 3. The molecule has 0 aromatic heterocycles. The standard InChI is InChI=1S/C17H32N2OS/c1-15(2)5-4-10-18-11-6-17(7-12-18)8-13-19(14-9-17)16(20)21-3/h15H,4-14H2,1-3H3. The average molecular weight is 313 g/mol. The van der Waals surface area contributed by atoms with Gasteiger partial charge in [-0.1, -0.05) is 25.6 Å². The van der Waals surface area contributed by atoms with Crippen LogP contribution in [-0.4, -0.2) is 54.0 Å². The van der Waals surface area contributed by atoms with Crippen LogP contribution in [0.25, 0.3) is 0 Å². The highest BCUT2D eigenvalue weighted by Gasteiger charge is 2.38. The third kappa shape index (κ3) is 4.88. The number of amides is 1. The monoisotopic (exact) mass is 312 g/mol. The summed E-state index contributed by atoms with van der Waals surface area (Å²) < 4.78 is 0. The molecule has 0 unspecified atom stereocenters. The molecule has 122 valence electrons. The van der Waals surface area contributed by atoms with Gasteiger partial charge in [0, 0.05) is 13.1 Å². The van der Waals surface area contributed by atoms with Crippen molar-refractivity contribution in [3.8, 4) is 0 Å². The third-order valence-corrected chi connectivity index (χ3v) is 6.04. The van der Waals surface area contributed by atoms with Gasteiger partial charge in [0.2, 0.25) is 0 Å². The van der Waals surface area contributed by atoms with Gasteiger partial charge in [-0.15, -0.1) is 0 Å². The smallest absolute Gasteiger partial charge is 0.281 e. The number of hydrogen-bond donors (Lipinski definition) is 0. The first-order valence-corrected chi connectivity index (χ1v) is 9.82. The van der Waals surface area contributed by atoms with Crippen molar-refractivity contribution in [3.05, 3.63) is 0 Å². The first kappa shape index (κ1) is 17.1. The lowest BCUT2D eigenvalue weighted by molar-refractivity contribution is 0.0478. The molecule has 1 amide bonds. The van der Waals surface area contributed by atoms with Gasteiger partial charge in [0.1, 0.15) is 0 Å². The van der Waals surface area contributed by atoms with Gasteiger partial charge in [0.15, 0.2) is 0 Å². The molecule has 0 aliphatic carbocycles. The summed E-state index contributed by atoms with van der Waals surface area (Å²) in [5, 5.41) is 0.260. The van der Waals surface area contributed by atoms with E-state index in [1.165, 1.54) is 69.9 Å². The van der Waals surface area contributed by atoms with Crippen LogP contribution in [0.15, 0.2) is 0 Å². The van der Waals surface area contributed by atoms with Crippen molar-refractivity contribution < 1.29 is 4.79 Å². The van der Waals surface area contributed by atoms with Gasteiger partial charge in [-0.05, 0) is 75.7 Å². The number of likely N-dealkylation sites (tertiary alicyclic amines) is 2. The van der Waals surface area contributed by atoms with E-state index in [0.29, 0.717) is 5.41 Å². The van der Waals surface area contributed by atoms with Crippen LogP contribution in [0.2, 0.25) is 0 Å². The Morgan fingerprint density at radius 3 is 2.19 bits per heavy atom. The second-order valence-electron chi connectivity index (χ2n) is 7.33. The Hall–Kier alpha value is -0.220. The average Bonchev–Trinajstić information content (AvgIpc) is 2.49. The molecule has 2 aliphatic heterocycles. The zero-order chi connectivity index (χ0) is 15.3. The maximum atomic E-state index is 11.7. The fraction of sp³-hybridized carbons (Fsp3) is 0.941. The fourth-order valence-electron chi connectivity index (χ4n) is 3.77. The molecule has 0 aromatic rings. The van der Waals surface area contributed by atoms with E-state index in [9.17, 15) is 4.79 Å². The predicted octanol–water partition coefficient (Wildman–Crippen LogP) is 4.08. The molecule has 3 nitrogen and oxygen atoms in total. The van der Waals surface area contributed by atoms with Crippen molar-refractivity contribution in [3.63, 3.8) is 0 Å². The molecule has 0 radical (unpaired) electrons. The molecule has 0 N–H and O–H groups in total. The molecule has 21 heavy (non-hydrogen) atoms. The highest BCUT2D eigenvalue weighted by Crippen LogP contribution is 2.41. The number of piperidine rings is 2. The summed E-state index contributed by atoms with van der Waals surface area (Å²) in [5.74, 6) is 0.833. The molecular formula is C17H32N2OS. The molecule has 0 aromatic carbocycles. The van der Waals surface area contributed by atoms with Crippen LogP contribution < -0.4 is 0 Å². The molecule has 2 aliphatic rings. The quantitative estimate of drug-likeness (QED) is 0.781. The van der Waals surface area contributed by atoms with E-state index >= 15 is 0 Å². The van der Waals surface area contributed by atoms with Gasteiger partial charge in [0.05, 0.1) is 0 Å². The zero-order valence-corrected chi connectivity index (χ0v) is 14.9. The van der Waals surface area contributed by atoms with Crippen LogP contribution in [0.5, 0.6) is 0 Å². The van der Waals surface area contributed by atoms with Crippen molar-refractivity contribution in [2.75, 3.05) is 39.0 Å². The van der Waals surface area contributed by atoms with E-state index < -0.39 is 0 Å². The lowest BCUT2D eigenvalue weighted by atomic mass is 9.71. The molecule has 4 heteroatoms. The van der Waals surface area contributed by atoms with Gasteiger partial charge in [-0.3, -0.25) is 4.79 Å². The molecule has 2 heterocycles. The van der Waals surface area contributed by atoms with E-state index in [1.807, 2.05) is 11.2 Å². The van der Waals surface area contributed by atoms with Crippen molar-refractivity contribution in [1.29, 1.82) is 0 Å². The zero-order valence-electron chi connectivity index (χ0n) is 14.1. The topological polar surface area (TPSA) is 23.6 Å². The van der Waals surface area contributed by atoms with Gasteiger partial charge in [0.25, 0.3) is 5.24 Å². The maximum Gasteiger partial charge on any atom is 0.281 e. The molecule has 2 saturated heterocycles. The van der Waals surface area contributed by atoms with E-state index in [4.69, 9.17) is 0 Å². The van der Waals surface area contributed by atoms with Crippen molar-refractivity contribution >= 4 is 17.0 Å². The van der Waals surface area contributed by atoms with Crippen LogP contribution in [0.4, 0.5) is 4.79 Å². The number of rotatable bonds is 4. The Bertz CT molecular complexity index is 328. The van der Waals surface area contributed by atoms with Crippen molar-refractivity contribution in [1.82, 2.24) is 9.80 Å². The number of carbonyl (C=O) groups is 1. The number of nitrogens with zero attached hydrogens (tertiary/aromatic N) is 2. The highest BCUT2D eigenvalue weighted by molar-refractivity contribution is 8.12. The normalized spacial score (nSPS) is 23.0. The lowest BCUT2D eigenvalue weighted by Gasteiger charge is -2.46. The van der Waals surface area contributed by atoms with Gasteiger partial charge in [-0.25, -0.2) is 0 Å². The van der Waals surface area contributed by atoms with E-state index in [2.05, 4.69) is 18.7 Å². The number of thioether (sulfide) groups is 1. The summed E-state index contributed by atoms with van der Waals surface area (Å²) in [6.07, 6.45) is 9.72. The second-order valence-corrected chi connectivity index (χ2v) is 8.09. The van der Waals surface area contributed by atoms with Gasteiger partial charge < -0.3 is 9.80 Å². The fourth-order valence-corrected chi connectivity index (χ4v) is 4.21. The molecular weight excluding hydrogens is 280 g/mol. The van der Waals surface area contributed by atoms with E-state index in [-0.39, 0.29) is 5.24 Å². The second kappa shape index (κ2) is 7.87. The van der Waals surface area contributed by atoms with E-state index in [1.54, 1.807) is 0 Å². The Balaban J connectivity index is 1.70. The summed E-state index contributed by atoms with van der Waals surface area (Å²) in [4.78, 5) is 16.5. The van der Waals surface area contributed by atoms with E-state index in [0.717, 1.165) is 19.0 Å². The SMILES string of the molecule is CSC(=O)N1CCC2(CCN(CCCC(C)C)CC2)CC1. The lowest BCUT2D eigenvalue weighted by Crippen LogP contribution is -2.47. The largest absolute Gasteiger partial charge is 0.334 e. The minimum absolute atomic E-state index is 0.260. The Labute approximate surface area is 134 Å². The molecule has 0 atom stereocenters. The number of carbonyl (C=O) groups excluding carboxylic acids is 1. The van der Waals surface area contributed by atoms with Crippen LogP contribution >= 0.6 is 11.8 Å². The first-order valence-electron chi connectivity index (χ1n) is 8.60. The highest BCUT2D eigenvalue weighted by atomic mass is 32.2. The summed E-state index contributed by atoms with van der Waals surface area (Å²) in [6.45, 7) is 10.4. The van der Waals surface area contributed by atoms with Gasteiger partial charge in [-0.2, -0.15) is 0 Å². The Kier molecular flexibility index (Phi) is 6.42. The molecule has 2 fully saturated rings. The molecule has 1 spiro atoms. The minimum atomic E-state index is 0.260. The minimum Gasteiger partial charge on any atom is -0.334 e. The van der Waals surface area contributed by atoms with Crippen molar-refractivity contribution in [2.24, 2.45) is 11.3 Å². The Morgan fingerprint density at radius 1 is 1.10 bits per heavy atom. The predicted molar refractivity (Wildman–Crippen MR) is 91.9 cm³/mol. The third-order valence-electron chi connectivity index (χ3n) is 5.43. The van der Waals surface area contributed by atoms with Crippen LogP contribution in [0, 0.1) is 11.3 Å².